The maximum atomic E-state index is 13.1. The Labute approximate surface area is 200 Å². The molecule has 0 unspecified atom stereocenters. The summed E-state index contributed by atoms with van der Waals surface area (Å²) in [7, 11) is 0. The lowest BCUT2D eigenvalue weighted by Crippen LogP contribution is -2.33. The van der Waals surface area contributed by atoms with Crippen molar-refractivity contribution in [1.82, 2.24) is 4.57 Å². The minimum atomic E-state index is -0.431. The molecular formula is C21H17BrFN3O2S3. The molecule has 4 aromatic rings. The normalized spacial score (nSPS) is 11.2. The monoisotopic (exact) mass is 537 g/mol. The van der Waals surface area contributed by atoms with Crippen molar-refractivity contribution in [1.29, 1.82) is 0 Å². The number of carbonyl (C=O) groups excluding carboxylic acids is 1. The van der Waals surface area contributed by atoms with Gasteiger partial charge in [0, 0.05) is 21.5 Å². The summed E-state index contributed by atoms with van der Waals surface area (Å²) in [6.45, 7) is 0.831. The van der Waals surface area contributed by atoms with Crippen LogP contribution in [0.25, 0.3) is 0 Å². The van der Waals surface area contributed by atoms with Gasteiger partial charge < -0.3 is 5.32 Å². The first-order chi connectivity index (χ1) is 14.6. The molecule has 5 nitrogen and oxygen atoms in total. The molecule has 1 N–H and O–H groups in total. The summed E-state index contributed by atoms with van der Waals surface area (Å²) >= 11 is 4.30. The van der Waals surface area contributed by atoms with Crippen LogP contribution >= 0.6 is 51.0 Å². The summed E-state index contributed by atoms with van der Waals surface area (Å²) in [5, 5.41) is 6.62. The number of halogens is 2. The first-order valence-electron chi connectivity index (χ1n) is 8.95. The number of thiophene rings is 2. The standard InChI is InChI=1S/C21H16FN3O2S3.BrH/c22-14-5-7-15(8-6-14)24-20(27)18-11-19(26)25(13-17-4-2-10-29-17)21(30-18)23-12-16-3-1-9-28-16;/h1-11H,12-13H2,(H,24,27);1H. The van der Waals surface area contributed by atoms with Crippen molar-refractivity contribution < 1.29 is 9.18 Å². The average molecular weight is 538 g/mol. The van der Waals surface area contributed by atoms with Crippen LogP contribution in [-0.2, 0) is 13.1 Å². The quantitative estimate of drug-likeness (QED) is 0.369. The van der Waals surface area contributed by atoms with E-state index in [-0.39, 0.29) is 33.2 Å². The summed E-state index contributed by atoms with van der Waals surface area (Å²) in [5.41, 5.74) is 0.157. The van der Waals surface area contributed by atoms with E-state index in [9.17, 15) is 14.0 Å². The van der Waals surface area contributed by atoms with Crippen LogP contribution in [0.4, 0.5) is 10.1 Å². The summed E-state index contributed by atoms with van der Waals surface area (Å²) in [6.07, 6.45) is 0. The lowest BCUT2D eigenvalue weighted by Gasteiger charge is -2.08. The van der Waals surface area contributed by atoms with Gasteiger partial charge in [-0.3, -0.25) is 19.1 Å². The van der Waals surface area contributed by atoms with Gasteiger partial charge in [-0.15, -0.1) is 39.7 Å². The predicted molar refractivity (Wildman–Crippen MR) is 130 cm³/mol. The Bertz CT molecular complexity index is 1260. The van der Waals surface area contributed by atoms with E-state index in [1.807, 2.05) is 35.0 Å². The van der Waals surface area contributed by atoms with Crippen LogP contribution in [0.1, 0.15) is 19.4 Å². The number of aromatic nitrogens is 1. The van der Waals surface area contributed by atoms with Crippen LogP contribution in [0, 0.1) is 5.82 Å². The highest BCUT2D eigenvalue weighted by Crippen LogP contribution is 2.13. The molecule has 0 saturated carbocycles. The van der Waals surface area contributed by atoms with Crippen LogP contribution in [-0.4, -0.2) is 10.5 Å². The highest BCUT2D eigenvalue weighted by molar-refractivity contribution is 8.93. The van der Waals surface area contributed by atoms with E-state index in [1.54, 1.807) is 27.2 Å². The topological polar surface area (TPSA) is 63.5 Å². The van der Waals surface area contributed by atoms with Gasteiger partial charge in [-0.1, -0.05) is 23.5 Å². The third kappa shape index (κ3) is 6.07. The third-order valence-electron chi connectivity index (χ3n) is 4.12. The van der Waals surface area contributed by atoms with Gasteiger partial charge in [0.2, 0.25) is 0 Å². The maximum absolute atomic E-state index is 13.1. The van der Waals surface area contributed by atoms with E-state index >= 15 is 0 Å². The van der Waals surface area contributed by atoms with E-state index in [1.165, 1.54) is 30.3 Å². The highest BCUT2D eigenvalue weighted by Gasteiger charge is 2.12. The lowest BCUT2D eigenvalue weighted by atomic mass is 10.3. The fourth-order valence-corrected chi connectivity index (χ4v) is 4.89. The van der Waals surface area contributed by atoms with Crippen molar-refractivity contribution in [3.63, 3.8) is 0 Å². The molecule has 160 valence electrons. The second-order valence-electron chi connectivity index (χ2n) is 6.25. The van der Waals surface area contributed by atoms with E-state index in [4.69, 9.17) is 0 Å². The minimum absolute atomic E-state index is 0. The smallest absolute Gasteiger partial charge is 0.266 e. The minimum Gasteiger partial charge on any atom is -0.321 e. The van der Waals surface area contributed by atoms with Crippen LogP contribution in [0.2, 0.25) is 0 Å². The molecule has 10 heteroatoms. The number of hydrogen-bond donors (Lipinski definition) is 1. The molecule has 3 heterocycles. The molecule has 3 aromatic heterocycles. The summed E-state index contributed by atoms with van der Waals surface area (Å²) < 4.78 is 14.7. The Morgan fingerprint density at radius 2 is 1.71 bits per heavy atom. The Morgan fingerprint density at radius 3 is 2.35 bits per heavy atom. The number of hydrogen-bond acceptors (Lipinski definition) is 6. The van der Waals surface area contributed by atoms with Crippen molar-refractivity contribution in [2.24, 2.45) is 4.99 Å². The van der Waals surface area contributed by atoms with Gasteiger partial charge in [0.1, 0.15) is 10.7 Å². The summed E-state index contributed by atoms with van der Waals surface area (Å²) in [5.74, 6) is -0.818. The van der Waals surface area contributed by atoms with Crippen molar-refractivity contribution >= 4 is 62.6 Å². The second kappa shape index (κ2) is 10.8. The number of rotatable bonds is 6. The van der Waals surface area contributed by atoms with Gasteiger partial charge >= 0.3 is 0 Å². The van der Waals surface area contributed by atoms with Crippen molar-refractivity contribution in [3.05, 3.63) is 101 Å². The largest absolute Gasteiger partial charge is 0.321 e. The molecule has 0 atom stereocenters. The number of benzene rings is 1. The van der Waals surface area contributed by atoms with E-state index in [0.717, 1.165) is 21.1 Å². The first kappa shape index (κ1) is 23.3. The highest BCUT2D eigenvalue weighted by atomic mass is 79.9. The first-order valence-corrected chi connectivity index (χ1v) is 11.5. The zero-order chi connectivity index (χ0) is 20.9. The van der Waals surface area contributed by atoms with Gasteiger partial charge in [-0.2, -0.15) is 0 Å². The predicted octanol–water partition coefficient (Wildman–Crippen LogP) is 5.15. The molecule has 31 heavy (non-hydrogen) atoms. The Morgan fingerprint density at radius 1 is 1.03 bits per heavy atom. The molecular weight excluding hydrogens is 521 g/mol. The van der Waals surface area contributed by atoms with Crippen molar-refractivity contribution in [2.45, 2.75) is 13.1 Å². The molecule has 4 rings (SSSR count). The average Bonchev–Trinajstić information content (AvgIpc) is 3.44. The number of nitrogens with zero attached hydrogens (tertiary/aromatic N) is 2. The number of nitrogens with one attached hydrogen (secondary N) is 1. The number of amides is 1. The van der Waals surface area contributed by atoms with Crippen molar-refractivity contribution in [2.75, 3.05) is 5.32 Å². The zero-order valence-electron chi connectivity index (χ0n) is 16.0. The SMILES string of the molecule is Br.O=C(Nc1ccc(F)cc1)c1cc(=O)n(Cc2cccs2)c(=NCc2cccs2)s1. The Balaban J connectivity index is 0.00000272. The Kier molecular flexibility index (Phi) is 8.08. The van der Waals surface area contributed by atoms with Crippen LogP contribution in [0.5, 0.6) is 0 Å². The molecule has 0 radical (unpaired) electrons. The molecule has 0 spiro atoms. The van der Waals surface area contributed by atoms with Gasteiger partial charge in [0.25, 0.3) is 11.5 Å². The summed E-state index contributed by atoms with van der Waals surface area (Å²) in [6, 6.07) is 14.6. The zero-order valence-corrected chi connectivity index (χ0v) is 20.1. The van der Waals surface area contributed by atoms with Gasteiger partial charge in [-0.05, 0) is 47.2 Å². The van der Waals surface area contributed by atoms with Crippen LogP contribution in [0.15, 0.2) is 75.1 Å². The molecule has 0 fully saturated rings. The molecule has 0 bridgehead atoms. The van der Waals surface area contributed by atoms with Gasteiger partial charge in [0.15, 0.2) is 4.80 Å². The molecule has 0 aliphatic heterocycles. The Hall–Kier alpha value is -2.40. The molecule has 0 aliphatic rings. The lowest BCUT2D eigenvalue weighted by molar-refractivity contribution is 0.103. The van der Waals surface area contributed by atoms with Crippen molar-refractivity contribution in [3.8, 4) is 0 Å². The van der Waals surface area contributed by atoms with E-state index in [0.29, 0.717) is 23.6 Å². The van der Waals surface area contributed by atoms with E-state index < -0.39 is 5.91 Å². The van der Waals surface area contributed by atoms with Gasteiger partial charge in [-0.25, -0.2) is 4.39 Å². The number of carbonyl (C=O) groups is 1. The molecule has 1 amide bonds. The van der Waals surface area contributed by atoms with Crippen LogP contribution in [0.3, 0.4) is 0 Å². The fraction of sp³-hybridized carbons (Fsp3) is 0.0952. The molecule has 0 aliphatic carbocycles. The third-order valence-corrected chi connectivity index (χ3v) is 6.90. The van der Waals surface area contributed by atoms with E-state index in [2.05, 4.69) is 10.3 Å². The van der Waals surface area contributed by atoms with Gasteiger partial charge in [0.05, 0.1) is 13.1 Å². The molecule has 1 aromatic carbocycles. The second-order valence-corrected chi connectivity index (χ2v) is 9.33. The molecule has 0 saturated heterocycles. The summed E-state index contributed by atoms with van der Waals surface area (Å²) in [4.78, 5) is 33.0. The maximum Gasteiger partial charge on any atom is 0.266 e. The fourth-order valence-electron chi connectivity index (χ4n) is 2.67. The number of anilines is 1. The van der Waals surface area contributed by atoms with Crippen LogP contribution < -0.4 is 15.7 Å².